The molecule has 0 bridgehead atoms. The standard InChI is InChI=1S/C24H31N3O4S/c1-15(2)25-23(28)21-10-7-11-27(21)24(29)19-8-6-9-20(14-19)26-32(30,31)22-17(4)12-16(3)13-18(22)5/h6,8-9,12-15,21,26H,7,10-11H2,1-5H3,(H,25,28)/t21-/m0/s1. The first kappa shape index (κ1) is 23.8. The van der Waals surface area contributed by atoms with Crippen LogP contribution in [0.15, 0.2) is 41.3 Å². The number of nitrogens with zero attached hydrogens (tertiary/aromatic N) is 1. The lowest BCUT2D eigenvalue weighted by molar-refractivity contribution is -0.125. The van der Waals surface area contributed by atoms with E-state index >= 15 is 0 Å². The highest BCUT2D eigenvalue weighted by molar-refractivity contribution is 7.92. The fourth-order valence-electron chi connectivity index (χ4n) is 4.34. The second kappa shape index (κ2) is 9.32. The van der Waals surface area contributed by atoms with Crippen molar-refractivity contribution < 1.29 is 18.0 Å². The fourth-order valence-corrected chi connectivity index (χ4v) is 5.85. The first-order valence-electron chi connectivity index (χ1n) is 10.8. The van der Waals surface area contributed by atoms with Gasteiger partial charge in [0.25, 0.3) is 15.9 Å². The van der Waals surface area contributed by atoms with Crippen LogP contribution in [-0.2, 0) is 14.8 Å². The molecule has 7 nitrogen and oxygen atoms in total. The number of nitrogens with one attached hydrogen (secondary N) is 2. The molecule has 172 valence electrons. The molecule has 0 aliphatic carbocycles. The van der Waals surface area contributed by atoms with Gasteiger partial charge in [0.05, 0.1) is 4.90 Å². The second-order valence-corrected chi connectivity index (χ2v) is 10.4. The van der Waals surface area contributed by atoms with Crippen LogP contribution in [0, 0.1) is 20.8 Å². The highest BCUT2D eigenvalue weighted by atomic mass is 32.2. The minimum absolute atomic E-state index is 0.00789. The minimum atomic E-state index is -3.83. The number of likely N-dealkylation sites (tertiary alicyclic amines) is 1. The minimum Gasteiger partial charge on any atom is -0.352 e. The van der Waals surface area contributed by atoms with Crippen LogP contribution in [0.1, 0.15) is 53.7 Å². The molecule has 1 heterocycles. The average Bonchev–Trinajstić information content (AvgIpc) is 3.15. The van der Waals surface area contributed by atoms with Crippen molar-refractivity contribution in [3.8, 4) is 0 Å². The molecule has 2 aromatic rings. The lowest BCUT2D eigenvalue weighted by Crippen LogP contribution is -2.47. The van der Waals surface area contributed by atoms with Crippen molar-refractivity contribution in [2.45, 2.75) is 64.4 Å². The Labute approximate surface area is 190 Å². The lowest BCUT2D eigenvalue weighted by Gasteiger charge is -2.25. The van der Waals surface area contributed by atoms with Gasteiger partial charge in [-0.1, -0.05) is 23.8 Å². The van der Waals surface area contributed by atoms with Gasteiger partial charge in [-0.3, -0.25) is 14.3 Å². The molecule has 0 aromatic heterocycles. The van der Waals surface area contributed by atoms with E-state index in [4.69, 9.17) is 0 Å². The van der Waals surface area contributed by atoms with Crippen molar-refractivity contribution in [2.24, 2.45) is 0 Å². The monoisotopic (exact) mass is 457 g/mol. The number of sulfonamides is 1. The van der Waals surface area contributed by atoms with Crippen LogP contribution in [0.25, 0.3) is 0 Å². The quantitative estimate of drug-likeness (QED) is 0.694. The van der Waals surface area contributed by atoms with Crippen molar-refractivity contribution in [1.29, 1.82) is 0 Å². The third-order valence-corrected chi connectivity index (χ3v) is 7.17. The summed E-state index contributed by atoms with van der Waals surface area (Å²) in [6.45, 7) is 9.71. The largest absolute Gasteiger partial charge is 0.352 e. The van der Waals surface area contributed by atoms with E-state index < -0.39 is 16.1 Å². The molecule has 2 N–H and O–H groups in total. The van der Waals surface area contributed by atoms with Gasteiger partial charge in [-0.25, -0.2) is 8.42 Å². The van der Waals surface area contributed by atoms with E-state index in [2.05, 4.69) is 10.0 Å². The molecule has 3 rings (SSSR count). The van der Waals surface area contributed by atoms with Gasteiger partial charge in [0.15, 0.2) is 0 Å². The zero-order valence-electron chi connectivity index (χ0n) is 19.2. The van der Waals surface area contributed by atoms with Gasteiger partial charge in [-0.05, 0) is 76.8 Å². The zero-order chi connectivity index (χ0) is 23.6. The summed E-state index contributed by atoms with van der Waals surface area (Å²) in [6, 6.07) is 9.55. The van der Waals surface area contributed by atoms with Crippen molar-refractivity contribution in [3.63, 3.8) is 0 Å². The normalized spacial score (nSPS) is 16.3. The molecule has 0 unspecified atom stereocenters. The number of anilines is 1. The third-order valence-electron chi connectivity index (χ3n) is 5.48. The number of carbonyl (C=O) groups is 2. The molecular formula is C24H31N3O4S. The molecule has 1 atom stereocenters. The summed E-state index contributed by atoms with van der Waals surface area (Å²) < 4.78 is 28.8. The third kappa shape index (κ3) is 5.12. The Morgan fingerprint density at radius 1 is 1.06 bits per heavy atom. The Bertz CT molecular complexity index is 1120. The van der Waals surface area contributed by atoms with Gasteiger partial charge in [-0.2, -0.15) is 0 Å². The van der Waals surface area contributed by atoms with Gasteiger partial charge in [0.2, 0.25) is 5.91 Å². The predicted molar refractivity (Wildman–Crippen MR) is 125 cm³/mol. The van der Waals surface area contributed by atoms with Crippen molar-refractivity contribution in [3.05, 3.63) is 58.7 Å². The summed E-state index contributed by atoms with van der Waals surface area (Å²) in [5.41, 5.74) is 2.97. The lowest BCUT2D eigenvalue weighted by atomic mass is 10.1. The Balaban J connectivity index is 1.84. The summed E-state index contributed by atoms with van der Waals surface area (Å²) >= 11 is 0. The SMILES string of the molecule is Cc1cc(C)c(S(=O)(=O)Nc2cccc(C(=O)N3CCC[C@H]3C(=O)NC(C)C)c2)c(C)c1. The molecule has 2 amide bonds. The van der Waals surface area contributed by atoms with Gasteiger partial charge < -0.3 is 10.2 Å². The molecule has 1 aliphatic heterocycles. The van der Waals surface area contributed by atoms with Crippen LogP contribution in [-0.4, -0.2) is 43.8 Å². The van der Waals surface area contributed by atoms with Crippen LogP contribution < -0.4 is 10.0 Å². The molecule has 1 aliphatic rings. The molecular weight excluding hydrogens is 426 g/mol. The summed E-state index contributed by atoms with van der Waals surface area (Å²) in [7, 11) is -3.83. The number of hydrogen-bond acceptors (Lipinski definition) is 4. The highest BCUT2D eigenvalue weighted by Crippen LogP contribution is 2.26. The first-order valence-corrected chi connectivity index (χ1v) is 12.3. The van der Waals surface area contributed by atoms with Crippen LogP contribution in [0.5, 0.6) is 0 Å². The Morgan fingerprint density at radius 3 is 2.34 bits per heavy atom. The Morgan fingerprint density at radius 2 is 1.72 bits per heavy atom. The zero-order valence-corrected chi connectivity index (χ0v) is 20.0. The van der Waals surface area contributed by atoms with Crippen LogP contribution in [0.2, 0.25) is 0 Å². The second-order valence-electron chi connectivity index (χ2n) is 8.73. The molecule has 2 aromatic carbocycles. The van der Waals surface area contributed by atoms with Gasteiger partial charge in [0.1, 0.15) is 6.04 Å². The summed E-state index contributed by atoms with van der Waals surface area (Å²) in [6.07, 6.45) is 1.36. The van der Waals surface area contributed by atoms with Gasteiger partial charge >= 0.3 is 0 Å². The van der Waals surface area contributed by atoms with E-state index in [9.17, 15) is 18.0 Å². The Hall–Kier alpha value is -2.87. The Kier molecular flexibility index (Phi) is 6.93. The van der Waals surface area contributed by atoms with E-state index in [0.717, 1.165) is 12.0 Å². The van der Waals surface area contributed by atoms with Gasteiger partial charge in [0, 0.05) is 23.8 Å². The number of rotatable bonds is 6. The molecule has 0 spiro atoms. The molecule has 32 heavy (non-hydrogen) atoms. The van der Waals surface area contributed by atoms with Crippen LogP contribution >= 0.6 is 0 Å². The summed E-state index contributed by atoms with van der Waals surface area (Å²) in [4.78, 5) is 27.5. The fraction of sp³-hybridized carbons (Fsp3) is 0.417. The average molecular weight is 458 g/mol. The topological polar surface area (TPSA) is 95.6 Å². The molecule has 1 fully saturated rings. The number of amides is 2. The molecule has 0 saturated carbocycles. The highest BCUT2D eigenvalue weighted by Gasteiger charge is 2.34. The molecule has 1 saturated heterocycles. The maximum absolute atomic E-state index is 13.1. The molecule has 8 heteroatoms. The summed E-state index contributed by atoms with van der Waals surface area (Å²) in [5, 5.41) is 2.87. The maximum Gasteiger partial charge on any atom is 0.262 e. The van der Waals surface area contributed by atoms with Crippen molar-refractivity contribution in [2.75, 3.05) is 11.3 Å². The van der Waals surface area contributed by atoms with Crippen LogP contribution in [0.4, 0.5) is 5.69 Å². The number of aryl methyl sites for hydroxylation is 3. The van der Waals surface area contributed by atoms with E-state index in [1.165, 1.54) is 6.07 Å². The van der Waals surface area contributed by atoms with Crippen molar-refractivity contribution in [1.82, 2.24) is 10.2 Å². The van der Waals surface area contributed by atoms with Crippen molar-refractivity contribution >= 4 is 27.5 Å². The molecule has 0 radical (unpaired) electrons. The van der Waals surface area contributed by atoms with Gasteiger partial charge in [-0.15, -0.1) is 0 Å². The smallest absolute Gasteiger partial charge is 0.262 e. The first-order chi connectivity index (χ1) is 15.0. The van der Waals surface area contributed by atoms with E-state index in [1.807, 2.05) is 32.9 Å². The predicted octanol–water partition coefficient (Wildman–Crippen LogP) is 3.54. The number of hydrogen-bond donors (Lipinski definition) is 2. The van der Waals surface area contributed by atoms with E-state index in [1.54, 1.807) is 36.9 Å². The number of carbonyl (C=O) groups excluding carboxylic acids is 2. The summed E-state index contributed by atoms with van der Waals surface area (Å²) in [5.74, 6) is -0.442. The van der Waals surface area contributed by atoms with Crippen LogP contribution in [0.3, 0.4) is 0 Å². The van der Waals surface area contributed by atoms with E-state index in [-0.39, 0.29) is 22.8 Å². The maximum atomic E-state index is 13.1. The number of benzene rings is 2. The van der Waals surface area contributed by atoms with E-state index in [0.29, 0.717) is 35.3 Å².